The van der Waals surface area contributed by atoms with Crippen LogP contribution in [0.15, 0.2) is 34.5 Å². The molecule has 0 spiro atoms. The number of fused-ring (bicyclic) bond motifs is 1. The van der Waals surface area contributed by atoms with Crippen LogP contribution in [0.3, 0.4) is 0 Å². The third-order valence-electron chi connectivity index (χ3n) is 4.67. The first kappa shape index (κ1) is 28.9. The number of ether oxygens (including phenoxy) is 2. The summed E-state index contributed by atoms with van der Waals surface area (Å²) in [4.78, 5) is 44.7. The number of carbonyl (C=O) groups is 2. The molecule has 0 amide bonds. The first-order valence-corrected chi connectivity index (χ1v) is 13.6. The van der Waals surface area contributed by atoms with Gasteiger partial charge in [0.05, 0.1) is 12.9 Å². The molecule has 0 aromatic carbocycles. The van der Waals surface area contributed by atoms with E-state index in [1.54, 1.807) is 0 Å². The highest BCUT2D eigenvalue weighted by Gasteiger charge is 2.47. The van der Waals surface area contributed by atoms with Gasteiger partial charge in [0.15, 0.2) is 27.6 Å². The first-order valence-electron chi connectivity index (χ1n) is 10.4. The number of nitrogens with one attached hydrogen (secondary N) is 1. The van der Waals surface area contributed by atoms with Crippen molar-refractivity contribution in [1.29, 1.82) is 0 Å². The first-order chi connectivity index (χ1) is 17.5. The lowest BCUT2D eigenvalue weighted by Crippen LogP contribution is -2.35. The van der Waals surface area contributed by atoms with Gasteiger partial charge in [0.1, 0.15) is 30.8 Å². The predicted molar refractivity (Wildman–Crippen MR) is 134 cm³/mol. The maximum Gasteiger partial charge on any atom is 0.586 e. The van der Waals surface area contributed by atoms with Crippen LogP contribution in [-0.4, -0.2) is 66.9 Å². The second-order valence-electron chi connectivity index (χ2n) is 7.25. The van der Waals surface area contributed by atoms with Gasteiger partial charge in [-0.05, 0) is 0 Å². The number of nitrogens with zero attached hydrogens (tertiary/aromatic N) is 3. The van der Waals surface area contributed by atoms with Crippen LogP contribution in [0.1, 0.15) is 20.1 Å². The predicted octanol–water partition coefficient (Wildman–Crippen LogP) is 1.63. The van der Waals surface area contributed by atoms with Crippen LogP contribution in [0.25, 0.3) is 11.2 Å². The molecule has 15 nitrogen and oxygen atoms in total. The van der Waals surface area contributed by atoms with Crippen LogP contribution in [-0.2, 0) is 37.2 Å². The SMILES string of the molecule is CO[C@@H]1[C@H](O)[C@@H](COP(=O)(OC=CSC(C)=O)OC=CSC(C)=O)O[C@H]1n1cnc2c(=O)[nH]c(N)nc21. The highest BCUT2D eigenvalue weighted by atomic mass is 32.2. The van der Waals surface area contributed by atoms with E-state index >= 15 is 0 Å². The Balaban J connectivity index is 1.77. The molecule has 37 heavy (non-hydrogen) atoms. The number of aromatic nitrogens is 4. The maximum absolute atomic E-state index is 13.1. The zero-order valence-corrected chi connectivity index (χ0v) is 22.2. The zero-order chi connectivity index (χ0) is 27.2. The Morgan fingerprint density at radius 3 is 2.46 bits per heavy atom. The third-order valence-corrected chi connectivity index (χ3v) is 7.05. The summed E-state index contributed by atoms with van der Waals surface area (Å²) in [6.07, 6.45) is -1.16. The van der Waals surface area contributed by atoms with Crippen molar-refractivity contribution in [2.24, 2.45) is 0 Å². The summed E-state index contributed by atoms with van der Waals surface area (Å²) in [7, 11) is -2.99. The average Bonchev–Trinajstić information content (AvgIpc) is 3.38. The minimum atomic E-state index is -4.33. The summed E-state index contributed by atoms with van der Waals surface area (Å²) in [6, 6.07) is 0. The van der Waals surface area contributed by atoms with Gasteiger partial charge in [0.25, 0.3) is 5.56 Å². The molecular formula is C19H24N5O10PS2. The highest BCUT2D eigenvalue weighted by Crippen LogP contribution is 2.51. The number of nitrogens with two attached hydrogens (primary N) is 1. The van der Waals surface area contributed by atoms with Crippen LogP contribution >= 0.6 is 31.3 Å². The number of H-pyrrole nitrogens is 1. The fourth-order valence-corrected chi connectivity index (χ4v) is 4.85. The topological polar surface area (TPSA) is 207 Å². The molecule has 3 heterocycles. The summed E-state index contributed by atoms with van der Waals surface area (Å²) >= 11 is 1.56. The molecule has 0 unspecified atom stereocenters. The van der Waals surface area contributed by atoms with Gasteiger partial charge in [-0.25, -0.2) is 9.55 Å². The fourth-order valence-electron chi connectivity index (χ4n) is 3.16. The summed E-state index contributed by atoms with van der Waals surface area (Å²) in [6.45, 7) is 2.17. The van der Waals surface area contributed by atoms with Crippen molar-refractivity contribution in [1.82, 2.24) is 19.5 Å². The Bertz CT molecular complexity index is 1270. The number of methoxy groups -OCH3 is 1. The van der Waals surface area contributed by atoms with Crippen molar-refractivity contribution in [3.63, 3.8) is 0 Å². The van der Waals surface area contributed by atoms with Gasteiger partial charge in [-0.15, -0.1) is 0 Å². The number of thioether (sulfide) groups is 2. The Labute approximate surface area is 218 Å². The van der Waals surface area contributed by atoms with Crippen molar-refractivity contribution in [2.75, 3.05) is 19.5 Å². The van der Waals surface area contributed by atoms with Gasteiger partial charge >= 0.3 is 7.82 Å². The molecule has 4 N–H and O–H groups in total. The summed E-state index contributed by atoms with van der Waals surface area (Å²) in [5, 5.41) is 12.8. The van der Waals surface area contributed by atoms with Gasteiger partial charge in [0.2, 0.25) is 5.95 Å². The molecule has 0 radical (unpaired) electrons. The molecule has 1 saturated heterocycles. The second-order valence-corrected chi connectivity index (χ2v) is 11.0. The van der Waals surface area contributed by atoms with Crippen molar-refractivity contribution in [3.05, 3.63) is 40.0 Å². The minimum absolute atomic E-state index is 0.00132. The summed E-state index contributed by atoms with van der Waals surface area (Å²) in [5.74, 6) is -0.145. The van der Waals surface area contributed by atoms with Gasteiger partial charge in [0, 0.05) is 31.8 Å². The number of imidazole rings is 1. The van der Waals surface area contributed by atoms with E-state index in [4.69, 9.17) is 28.8 Å². The van der Waals surface area contributed by atoms with Crippen molar-refractivity contribution in [2.45, 2.75) is 38.4 Å². The van der Waals surface area contributed by atoms with E-state index in [0.29, 0.717) is 0 Å². The number of aromatic amines is 1. The quantitative estimate of drug-likeness (QED) is 0.256. The van der Waals surface area contributed by atoms with Gasteiger partial charge in [-0.2, -0.15) is 4.98 Å². The van der Waals surface area contributed by atoms with Crippen LogP contribution in [0.5, 0.6) is 0 Å². The van der Waals surface area contributed by atoms with E-state index in [2.05, 4.69) is 15.0 Å². The number of phosphoric acid groups is 1. The van der Waals surface area contributed by atoms with E-state index in [0.717, 1.165) is 36.0 Å². The van der Waals surface area contributed by atoms with Crippen molar-refractivity contribution in [3.8, 4) is 0 Å². The molecule has 1 fully saturated rings. The number of rotatable bonds is 11. The molecule has 1 aliphatic heterocycles. The molecular weight excluding hydrogens is 553 g/mol. The maximum atomic E-state index is 13.1. The average molecular weight is 578 g/mol. The van der Waals surface area contributed by atoms with Crippen LogP contribution < -0.4 is 11.3 Å². The number of hydrogen-bond donors (Lipinski definition) is 3. The number of nitrogen functional groups attached to an aromatic ring is 1. The molecule has 202 valence electrons. The third kappa shape index (κ3) is 7.44. The molecule has 1 aliphatic rings. The number of phosphoric ester groups is 1. The molecule has 0 bridgehead atoms. The van der Waals surface area contributed by atoms with Crippen LogP contribution in [0.4, 0.5) is 5.95 Å². The Kier molecular flexibility index (Phi) is 9.94. The highest BCUT2D eigenvalue weighted by molar-refractivity contribution is 8.16. The van der Waals surface area contributed by atoms with E-state index in [-0.39, 0.29) is 27.3 Å². The second kappa shape index (κ2) is 12.7. The van der Waals surface area contributed by atoms with Gasteiger partial charge in [-0.1, -0.05) is 23.5 Å². The smallest absolute Gasteiger partial charge is 0.402 e. The van der Waals surface area contributed by atoms with Crippen LogP contribution in [0.2, 0.25) is 0 Å². The van der Waals surface area contributed by atoms with E-state index in [1.807, 2.05) is 0 Å². The lowest BCUT2D eigenvalue weighted by atomic mass is 10.1. The van der Waals surface area contributed by atoms with Crippen molar-refractivity contribution >= 4 is 58.7 Å². The van der Waals surface area contributed by atoms with Crippen molar-refractivity contribution < 1.29 is 42.3 Å². The number of hydrogen-bond acceptors (Lipinski definition) is 15. The molecule has 3 rings (SSSR count). The largest absolute Gasteiger partial charge is 0.586 e. The molecule has 18 heteroatoms. The molecule has 0 aliphatic carbocycles. The molecule has 2 aromatic rings. The van der Waals surface area contributed by atoms with Gasteiger partial charge < -0.3 is 29.4 Å². The molecule has 2 aromatic heterocycles. The number of aliphatic hydroxyl groups excluding tert-OH is 1. The zero-order valence-electron chi connectivity index (χ0n) is 19.7. The summed E-state index contributed by atoms with van der Waals surface area (Å²) < 4.78 is 41.2. The molecule has 4 atom stereocenters. The molecule has 0 saturated carbocycles. The standard InChI is InChI=1S/C19H24N5O10PS2/c1-10(25)36-6-4-31-35(29,32-5-7-37-11(2)26)33-8-12-14(27)15(30-3)18(34-12)24-9-21-13-16(24)22-19(20)23-17(13)28/h4-7,9,12,14-15,18,27H,8H2,1-3H3,(H3,20,22,23,28)/t12-,14-,15-,18-,35?/m1/s1. The lowest BCUT2D eigenvalue weighted by molar-refractivity contribution is -0.109. The normalized spacial score (nSPS) is 23.6. The monoisotopic (exact) mass is 577 g/mol. The Morgan fingerprint density at radius 1 is 1.27 bits per heavy atom. The van der Waals surface area contributed by atoms with E-state index in [9.17, 15) is 24.1 Å². The van der Waals surface area contributed by atoms with E-state index < -0.39 is 44.5 Å². The number of aliphatic hydroxyl groups is 1. The number of anilines is 1. The van der Waals surface area contributed by atoms with Crippen LogP contribution in [0, 0.1) is 0 Å². The van der Waals surface area contributed by atoms with Gasteiger partial charge in [-0.3, -0.25) is 28.5 Å². The lowest BCUT2D eigenvalue weighted by Gasteiger charge is -2.19. The fraction of sp³-hybridized carbons (Fsp3) is 0.421. The summed E-state index contributed by atoms with van der Waals surface area (Å²) in [5.41, 5.74) is 5.18. The number of carbonyl (C=O) groups excluding carboxylic acids is 2. The van der Waals surface area contributed by atoms with E-state index in [1.165, 1.54) is 42.7 Å². The minimum Gasteiger partial charge on any atom is -0.402 e. The Morgan fingerprint density at radius 2 is 1.89 bits per heavy atom. The Hall–Kier alpha value is -2.66.